The van der Waals surface area contributed by atoms with Crippen LogP contribution in [0.4, 0.5) is 4.79 Å². The van der Waals surface area contributed by atoms with Gasteiger partial charge in [-0.2, -0.15) is 5.26 Å². The normalized spacial score (nSPS) is 10.6. The van der Waals surface area contributed by atoms with E-state index in [9.17, 15) is 4.79 Å². The zero-order valence-electron chi connectivity index (χ0n) is 15.5. The molecule has 0 atom stereocenters. The maximum atomic E-state index is 12.0. The lowest BCUT2D eigenvalue weighted by Gasteiger charge is -2.16. The van der Waals surface area contributed by atoms with Gasteiger partial charge >= 0.3 is 6.16 Å². The number of benzene rings is 4. The summed E-state index contributed by atoms with van der Waals surface area (Å²) < 4.78 is 10.4. The van der Waals surface area contributed by atoms with E-state index in [0.717, 1.165) is 38.2 Å². The minimum absolute atomic E-state index is 0.475. The standard InChI is InChI=1S/C24H17NO3/c1-15-7-10-19-13-18-5-3-4-6-20(18)23(28-24(26)27-2)22(19)21(15)17-11-8-16(14-25)9-12-17/h3-13H,1-2H3. The topological polar surface area (TPSA) is 59.3 Å². The molecule has 0 aromatic heterocycles. The third-order valence-corrected chi connectivity index (χ3v) is 4.84. The Bertz CT molecular complexity index is 1250. The zero-order valence-corrected chi connectivity index (χ0v) is 15.5. The predicted octanol–water partition coefficient (Wildman–Crippen LogP) is 5.99. The van der Waals surface area contributed by atoms with Crippen LogP contribution >= 0.6 is 0 Å². The van der Waals surface area contributed by atoms with Gasteiger partial charge in [-0.3, -0.25) is 0 Å². The Morgan fingerprint density at radius 3 is 2.43 bits per heavy atom. The van der Waals surface area contributed by atoms with Gasteiger partial charge in [0.1, 0.15) is 0 Å². The lowest BCUT2D eigenvalue weighted by atomic mass is 9.91. The number of nitrogens with zero attached hydrogens (tertiary/aromatic N) is 1. The average Bonchev–Trinajstić information content (AvgIpc) is 2.74. The molecule has 0 bridgehead atoms. The molecule has 0 aliphatic rings. The number of aryl methyl sites for hydroxylation is 1. The molecule has 136 valence electrons. The molecule has 0 radical (unpaired) electrons. The van der Waals surface area contributed by atoms with E-state index >= 15 is 0 Å². The molecule has 4 rings (SSSR count). The Morgan fingerprint density at radius 1 is 0.964 bits per heavy atom. The SMILES string of the molecule is COC(=O)Oc1c2ccccc2cc2ccc(C)c(-c3ccc(C#N)cc3)c12. The number of ether oxygens (including phenoxy) is 2. The van der Waals surface area contributed by atoms with Gasteiger partial charge in [0.05, 0.1) is 18.7 Å². The van der Waals surface area contributed by atoms with Crippen molar-refractivity contribution in [3.8, 4) is 22.9 Å². The number of carbonyl (C=O) groups excluding carboxylic acids is 1. The fourth-order valence-electron chi connectivity index (χ4n) is 3.53. The minimum atomic E-state index is -0.759. The van der Waals surface area contributed by atoms with Gasteiger partial charge in [0, 0.05) is 10.8 Å². The summed E-state index contributed by atoms with van der Waals surface area (Å²) in [6.07, 6.45) is -0.759. The van der Waals surface area contributed by atoms with E-state index in [1.165, 1.54) is 7.11 Å². The zero-order chi connectivity index (χ0) is 19.7. The lowest BCUT2D eigenvalue weighted by molar-refractivity contribution is 0.122. The fourth-order valence-corrected chi connectivity index (χ4v) is 3.53. The van der Waals surface area contributed by atoms with E-state index in [2.05, 4.69) is 12.1 Å². The van der Waals surface area contributed by atoms with Gasteiger partial charge in [0.25, 0.3) is 0 Å². The average molecular weight is 367 g/mol. The van der Waals surface area contributed by atoms with Crippen LogP contribution in [0.3, 0.4) is 0 Å². The summed E-state index contributed by atoms with van der Waals surface area (Å²) >= 11 is 0. The second-order valence-electron chi connectivity index (χ2n) is 6.53. The third kappa shape index (κ3) is 2.93. The van der Waals surface area contributed by atoms with Crippen LogP contribution in [0, 0.1) is 18.3 Å². The maximum Gasteiger partial charge on any atom is 0.513 e. The van der Waals surface area contributed by atoms with Crippen molar-refractivity contribution < 1.29 is 14.3 Å². The first kappa shape index (κ1) is 17.6. The second-order valence-corrected chi connectivity index (χ2v) is 6.53. The number of fused-ring (bicyclic) bond motifs is 2. The third-order valence-electron chi connectivity index (χ3n) is 4.84. The molecule has 4 aromatic carbocycles. The Hall–Kier alpha value is -3.84. The van der Waals surface area contributed by atoms with Crippen LogP contribution in [0.2, 0.25) is 0 Å². The molecular weight excluding hydrogens is 350 g/mol. The number of carbonyl (C=O) groups is 1. The molecule has 0 heterocycles. The van der Waals surface area contributed by atoms with E-state index in [0.29, 0.717) is 11.3 Å². The highest BCUT2D eigenvalue weighted by Gasteiger charge is 2.18. The summed E-state index contributed by atoms with van der Waals surface area (Å²) in [6.45, 7) is 2.02. The van der Waals surface area contributed by atoms with Gasteiger partial charge in [-0.05, 0) is 52.6 Å². The number of rotatable bonds is 2. The van der Waals surface area contributed by atoms with Crippen LogP contribution in [0.15, 0.2) is 66.7 Å². The molecule has 0 saturated heterocycles. The molecule has 0 unspecified atom stereocenters. The van der Waals surface area contributed by atoms with Crippen LogP contribution in [0.25, 0.3) is 32.7 Å². The van der Waals surface area contributed by atoms with Crippen molar-refractivity contribution in [2.75, 3.05) is 7.11 Å². The fraction of sp³-hybridized carbons (Fsp3) is 0.0833. The van der Waals surface area contributed by atoms with E-state index in [-0.39, 0.29) is 0 Å². The molecule has 0 aliphatic carbocycles. The highest BCUT2D eigenvalue weighted by Crippen LogP contribution is 2.42. The Labute approximate surface area is 162 Å². The molecule has 0 aliphatic heterocycles. The van der Waals surface area contributed by atoms with Crippen molar-refractivity contribution in [2.24, 2.45) is 0 Å². The summed E-state index contributed by atoms with van der Waals surface area (Å²) in [5.41, 5.74) is 3.55. The highest BCUT2D eigenvalue weighted by molar-refractivity contribution is 6.12. The van der Waals surface area contributed by atoms with Gasteiger partial charge < -0.3 is 9.47 Å². The largest absolute Gasteiger partial charge is 0.513 e. The van der Waals surface area contributed by atoms with Crippen molar-refractivity contribution in [1.82, 2.24) is 0 Å². The van der Waals surface area contributed by atoms with Crippen LogP contribution in [-0.2, 0) is 4.74 Å². The molecular formula is C24H17NO3. The van der Waals surface area contributed by atoms with Crippen molar-refractivity contribution >= 4 is 27.7 Å². The smallest absolute Gasteiger partial charge is 0.437 e. The maximum absolute atomic E-state index is 12.0. The Morgan fingerprint density at radius 2 is 1.71 bits per heavy atom. The molecule has 0 N–H and O–H groups in total. The van der Waals surface area contributed by atoms with Crippen molar-refractivity contribution in [3.63, 3.8) is 0 Å². The molecule has 4 aromatic rings. The molecule has 4 heteroatoms. The predicted molar refractivity (Wildman–Crippen MR) is 109 cm³/mol. The highest BCUT2D eigenvalue weighted by atomic mass is 16.7. The summed E-state index contributed by atoms with van der Waals surface area (Å²) in [5, 5.41) is 12.7. The summed E-state index contributed by atoms with van der Waals surface area (Å²) in [5.74, 6) is 0.475. The van der Waals surface area contributed by atoms with Gasteiger partial charge in [-0.1, -0.05) is 48.5 Å². The van der Waals surface area contributed by atoms with Crippen molar-refractivity contribution in [1.29, 1.82) is 5.26 Å². The molecule has 28 heavy (non-hydrogen) atoms. The molecule has 4 nitrogen and oxygen atoms in total. The Balaban J connectivity index is 2.12. The number of methoxy groups -OCH3 is 1. The van der Waals surface area contributed by atoms with E-state index in [1.807, 2.05) is 55.5 Å². The van der Waals surface area contributed by atoms with Crippen LogP contribution in [-0.4, -0.2) is 13.3 Å². The van der Waals surface area contributed by atoms with E-state index in [1.54, 1.807) is 12.1 Å². The van der Waals surface area contributed by atoms with E-state index < -0.39 is 6.16 Å². The summed E-state index contributed by atoms with van der Waals surface area (Å²) in [4.78, 5) is 12.0. The molecule has 0 amide bonds. The first-order valence-electron chi connectivity index (χ1n) is 8.84. The van der Waals surface area contributed by atoms with Crippen LogP contribution in [0.1, 0.15) is 11.1 Å². The quantitative estimate of drug-likeness (QED) is 0.248. The van der Waals surface area contributed by atoms with Gasteiger partial charge in [0.15, 0.2) is 5.75 Å². The molecule has 0 saturated carbocycles. The van der Waals surface area contributed by atoms with Crippen molar-refractivity contribution in [2.45, 2.75) is 6.92 Å². The van der Waals surface area contributed by atoms with Crippen LogP contribution in [0.5, 0.6) is 5.75 Å². The molecule has 0 spiro atoms. The first-order valence-corrected chi connectivity index (χ1v) is 8.84. The molecule has 0 fully saturated rings. The first-order chi connectivity index (χ1) is 13.6. The van der Waals surface area contributed by atoms with Crippen LogP contribution < -0.4 is 4.74 Å². The second kappa shape index (κ2) is 7.05. The lowest BCUT2D eigenvalue weighted by Crippen LogP contribution is -2.08. The van der Waals surface area contributed by atoms with Crippen molar-refractivity contribution in [3.05, 3.63) is 77.9 Å². The Kier molecular flexibility index (Phi) is 4.42. The van der Waals surface area contributed by atoms with Gasteiger partial charge in [0.2, 0.25) is 0 Å². The van der Waals surface area contributed by atoms with Gasteiger partial charge in [-0.25, -0.2) is 4.79 Å². The number of hydrogen-bond donors (Lipinski definition) is 0. The summed E-state index contributed by atoms with van der Waals surface area (Å²) in [6, 6.07) is 23.5. The minimum Gasteiger partial charge on any atom is -0.437 e. The number of hydrogen-bond acceptors (Lipinski definition) is 4. The number of nitriles is 1. The van der Waals surface area contributed by atoms with Gasteiger partial charge in [-0.15, -0.1) is 0 Å². The van der Waals surface area contributed by atoms with E-state index in [4.69, 9.17) is 14.7 Å². The summed E-state index contributed by atoms with van der Waals surface area (Å²) in [7, 11) is 1.29. The monoisotopic (exact) mass is 367 g/mol.